The lowest BCUT2D eigenvalue weighted by Gasteiger charge is -2.07. The molecule has 3 heterocycles. The van der Waals surface area contributed by atoms with Crippen LogP contribution in [0.3, 0.4) is 0 Å². The molecule has 7 nitrogen and oxygen atoms in total. The Labute approximate surface area is 129 Å². The first kappa shape index (κ1) is 14.4. The van der Waals surface area contributed by atoms with Gasteiger partial charge in [-0.3, -0.25) is 4.68 Å². The fourth-order valence-electron chi connectivity index (χ4n) is 2.18. The van der Waals surface area contributed by atoms with Crippen molar-refractivity contribution in [3.8, 4) is 17.3 Å². The molecule has 0 bridgehead atoms. The molecule has 0 fully saturated rings. The highest BCUT2D eigenvalue weighted by molar-refractivity contribution is 5.52. The quantitative estimate of drug-likeness (QED) is 0.737. The van der Waals surface area contributed by atoms with Gasteiger partial charge in [0, 0.05) is 31.6 Å². The van der Waals surface area contributed by atoms with Gasteiger partial charge in [-0.15, -0.1) is 5.10 Å². The molecule has 0 radical (unpaired) electrons. The van der Waals surface area contributed by atoms with Gasteiger partial charge in [0.05, 0.1) is 6.20 Å². The second kappa shape index (κ2) is 5.67. The highest BCUT2D eigenvalue weighted by Crippen LogP contribution is 2.20. The largest absolute Gasteiger partial charge is 0.251 e. The average Bonchev–Trinajstić information content (AvgIpc) is 3.12. The predicted molar refractivity (Wildman–Crippen MR) is 82.6 cm³/mol. The molecule has 0 aliphatic rings. The molecule has 7 heteroatoms. The summed E-state index contributed by atoms with van der Waals surface area (Å²) in [6, 6.07) is 3.77. The van der Waals surface area contributed by atoms with E-state index >= 15 is 0 Å². The lowest BCUT2D eigenvalue weighted by Crippen LogP contribution is -2.08. The minimum atomic E-state index is 0.263. The average molecular weight is 297 g/mol. The maximum Gasteiger partial charge on any atom is 0.183 e. The van der Waals surface area contributed by atoms with E-state index in [1.807, 2.05) is 26.1 Å². The summed E-state index contributed by atoms with van der Waals surface area (Å²) in [5.74, 6) is 3.41. The van der Waals surface area contributed by atoms with Gasteiger partial charge in [-0.25, -0.2) is 15.0 Å². The van der Waals surface area contributed by atoms with Gasteiger partial charge in [0.1, 0.15) is 11.5 Å². The lowest BCUT2D eigenvalue weighted by atomic mass is 10.2. The Morgan fingerprint density at radius 2 is 1.95 bits per heavy atom. The van der Waals surface area contributed by atoms with E-state index in [2.05, 4.69) is 39.0 Å². The maximum atomic E-state index is 4.63. The Balaban J connectivity index is 2.16. The molecule has 3 rings (SSSR count). The molecular formula is C15H19N7. The number of rotatable bonds is 4. The van der Waals surface area contributed by atoms with E-state index in [0.29, 0.717) is 5.82 Å². The smallest absolute Gasteiger partial charge is 0.183 e. The zero-order valence-electron chi connectivity index (χ0n) is 13.2. The molecule has 0 aromatic carbocycles. The molecule has 0 saturated heterocycles. The number of hydrogen-bond acceptors (Lipinski definition) is 5. The van der Waals surface area contributed by atoms with Crippen LogP contribution < -0.4 is 0 Å². The fourth-order valence-corrected chi connectivity index (χ4v) is 2.18. The molecule has 0 saturated carbocycles. The second-order valence-electron chi connectivity index (χ2n) is 5.38. The summed E-state index contributed by atoms with van der Waals surface area (Å²) in [6.45, 7) is 6.18. The molecule has 0 amide bonds. The molecule has 0 aliphatic heterocycles. The van der Waals surface area contributed by atoms with E-state index in [0.717, 1.165) is 29.6 Å². The van der Waals surface area contributed by atoms with Crippen LogP contribution >= 0.6 is 0 Å². The molecule has 0 spiro atoms. The van der Waals surface area contributed by atoms with E-state index in [1.165, 1.54) is 0 Å². The second-order valence-corrected chi connectivity index (χ2v) is 5.38. The van der Waals surface area contributed by atoms with Gasteiger partial charge >= 0.3 is 0 Å². The number of nitrogens with zero attached hydrogens (tertiary/aromatic N) is 7. The Morgan fingerprint density at radius 3 is 2.59 bits per heavy atom. The zero-order valence-corrected chi connectivity index (χ0v) is 13.2. The summed E-state index contributed by atoms with van der Waals surface area (Å²) in [5, 5.41) is 8.77. The van der Waals surface area contributed by atoms with Crippen LogP contribution in [0, 0.1) is 0 Å². The zero-order chi connectivity index (χ0) is 15.7. The summed E-state index contributed by atoms with van der Waals surface area (Å²) < 4.78 is 3.56. The minimum absolute atomic E-state index is 0.263. The summed E-state index contributed by atoms with van der Waals surface area (Å²) in [5.41, 5.74) is 0.770. The van der Waals surface area contributed by atoms with Gasteiger partial charge in [-0.1, -0.05) is 20.8 Å². The van der Waals surface area contributed by atoms with Crippen LogP contribution in [0.25, 0.3) is 17.3 Å². The minimum Gasteiger partial charge on any atom is -0.251 e. The van der Waals surface area contributed by atoms with Crippen LogP contribution in [-0.4, -0.2) is 34.5 Å². The van der Waals surface area contributed by atoms with Crippen molar-refractivity contribution < 1.29 is 0 Å². The summed E-state index contributed by atoms with van der Waals surface area (Å²) in [7, 11) is 1.88. The maximum absolute atomic E-state index is 4.63. The standard InChI is InChI=1S/C15H19N7/c1-5-12-19-15(11-6-8-16-14(18-11)10(2)3)22(20-12)13-7-9-17-21(13)4/h6-10H,5H2,1-4H3. The molecule has 3 aromatic heterocycles. The molecule has 22 heavy (non-hydrogen) atoms. The van der Waals surface area contributed by atoms with Crippen molar-refractivity contribution in [2.75, 3.05) is 0 Å². The number of hydrogen-bond donors (Lipinski definition) is 0. The number of aryl methyl sites for hydroxylation is 2. The highest BCUT2D eigenvalue weighted by atomic mass is 15.4. The third-order valence-corrected chi connectivity index (χ3v) is 3.40. The van der Waals surface area contributed by atoms with Crippen LogP contribution in [0.4, 0.5) is 0 Å². The van der Waals surface area contributed by atoms with E-state index in [4.69, 9.17) is 0 Å². The fraction of sp³-hybridized carbons (Fsp3) is 0.400. The topological polar surface area (TPSA) is 74.3 Å². The van der Waals surface area contributed by atoms with Gasteiger partial charge < -0.3 is 0 Å². The predicted octanol–water partition coefficient (Wildman–Crippen LogP) is 2.14. The Kier molecular flexibility index (Phi) is 3.70. The molecule has 0 unspecified atom stereocenters. The van der Waals surface area contributed by atoms with Crippen LogP contribution in [0.15, 0.2) is 24.5 Å². The lowest BCUT2D eigenvalue weighted by molar-refractivity contribution is 0.694. The third-order valence-electron chi connectivity index (χ3n) is 3.40. The van der Waals surface area contributed by atoms with E-state index in [9.17, 15) is 0 Å². The summed E-state index contributed by atoms with van der Waals surface area (Å²) in [4.78, 5) is 13.6. The first-order valence-corrected chi connectivity index (χ1v) is 7.37. The first-order chi connectivity index (χ1) is 10.6. The SMILES string of the molecule is CCc1nc(-c2ccnc(C(C)C)n2)n(-c2ccnn2C)n1. The van der Waals surface area contributed by atoms with Gasteiger partial charge in [-0.05, 0) is 6.07 Å². The van der Waals surface area contributed by atoms with Crippen molar-refractivity contribution in [1.82, 2.24) is 34.5 Å². The van der Waals surface area contributed by atoms with Gasteiger partial charge in [0.15, 0.2) is 17.5 Å². The van der Waals surface area contributed by atoms with Gasteiger partial charge in [-0.2, -0.15) is 9.78 Å². The van der Waals surface area contributed by atoms with Crippen molar-refractivity contribution >= 4 is 0 Å². The van der Waals surface area contributed by atoms with E-state index in [-0.39, 0.29) is 5.92 Å². The molecule has 0 atom stereocenters. The highest BCUT2D eigenvalue weighted by Gasteiger charge is 2.17. The molecule has 3 aromatic rings. The Morgan fingerprint density at radius 1 is 1.14 bits per heavy atom. The van der Waals surface area contributed by atoms with Crippen LogP contribution in [0.2, 0.25) is 0 Å². The Hall–Kier alpha value is -2.57. The normalized spacial score (nSPS) is 11.3. The molecular weight excluding hydrogens is 278 g/mol. The van der Waals surface area contributed by atoms with Gasteiger partial charge in [0.25, 0.3) is 0 Å². The number of aromatic nitrogens is 7. The van der Waals surface area contributed by atoms with Crippen molar-refractivity contribution in [3.63, 3.8) is 0 Å². The van der Waals surface area contributed by atoms with Crippen LogP contribution in [0.1, 0.15) is 38.3 Å². The van der Waals surface area contributed by atoms with E-state index < -0.39 is 0 Å². The Bertz CT molecular complexity index is 785. The van der Waals surface area contributed by atoms with Crippen molar-refractivity contribution in [3.05, 3.63) is 36.2 Å². The summed E-state index contributed by atoms with van der Waals surface area (Å²) in [6.07, 6.45) is 4.28. The third kappa shape index (κ3) is 2.49. The van der Waals surface area contributed by atoms with E-state index in [1.54, 1.807) is 21.8 Å². The van der Waals surface area contributed by atoms with Crippen molar-refractivity contribution in [2.24, 2.45) is 7.05 Å². The molecule has 114 valence electrons. The van der Waals surface area contributed by atoms with Crippen LogP contribution in [0.5, 0.6) is 0 Å². The van der Waals surface area contributed by atoms with Crippen molar-refractivity contribution in [2.45, 2.75) is 33.1 Å². The first-order valence-electron chi connectivity index (χ1n) is 7.37. The monoisotopic (exact) mass is 297 g/mol. The van der Waals surface area contributed by atoms with Gasteiger partial charge in [0.2, 0.25) is 0 Å². The summed E-state index contributed by atoms with van der Waals surface area (Å²) >= 11 is 0. The van der Waals surface area contributed by atoms with Crippen molar-refractivity contribution in [1.29, 1.82) is 0 Å². The molecule has 0 N–H and O–H groups in total. The molecule has 0 aliphatic carbocycles. The van der Waals surface area contributed by atoms with Crippen LogP contribution in [-0.2, 0) is 13.5 Å².